The van der Waals surface area contributed by atoms with E-state index in [4.69, 9.17) is 19.3 Å². The number of carbonyl (C=O) groups excluding carboxylic acids is 2. The first-order chi connectivity index (χ1) is 27.0. The van der Waals surface area contributed by atoms with Gasteiger partial charge in [-0.1, -0.05) is 184 Å². The zero-order valence-corrected chi connectivity index (χ0v) is 35.5. The molecule has 0 rings (SSSR count). The Labute approximate surface area is 338 Å². The minimum Gasteiger partial charge on any atom is -0.462 e. The van der Waals surface area contributed by atoms with E-state index in [9.17, 15) is 29.5 Å². The second kappa shape index (κ2) is 38.2. The van der Waals surface area contributed by atoms with E-state index in [1.54, 1.807) is 42.5 Å². The largest absolute Gasteiger partial charge is 0.469 e. The van der Waals surface area contributed by atoms with Gasteiger partial charge in [0.25, 0.3) is 0 Å². The lowest BCUT2D eigenvalue weighted by atomic mass is 10.0. The zero-order valence-electron chi connectivity index (χ0n) is 34.6. The summed E-state index contributed by atoms with van der Waals surface area (Å²) < 4.78 is 26.2. The molecule has 324 valence electrons. The van der Waals surface area contributed by atoms with Gasteiger partial charge in [-0.15, -0.1) is 0 Å². The van der Waals surface area contributed by atoms with Gasteiger partial charge in [-0.25, -0.2) is 4.57 Å². The first-order valence-electron chi connectivity index (χ1n) is 21.4. The molecule has 11 nitrogen and oxygen atoms in total. The van der Waals surface area contributed by atoms with Gasteiger partial charge in [0.15, 0.2) is 6.10 Å². The fourth-order valence-electron chi connectivity index (χ4n) is 5.83. The van der Waals surface area contributed by atoms with Gasteiger partial charge in [0, 0.05) is 12.8 Å². The van der Waals surface area contributed by atoms with Crippen LogP contribution in [0.3, 0.4) is 0 Å². The molecule has 5 N–H and O–H groups in total. The Morgan fingerprint density at radius 1 is 0.589 bits per heavy atom. The SMILES string of the molecule is CC/C=C\C[C@@H](O)/C=C/C=C/C=C\C=C/[C@H](O)[C@@H](O)CCCC(=O)OC[C@H](COP(=O)(O)O)OC(=O)CCCCCCCCCCCCCCCCCCCC. The number of rotatable bonds is 38. The third-order valence-electron chi connectivity index (χ3n) is 9.14. The van der Waals surface area contributed by atoms with Crippen molar-refractivity contribution >= 4 is 19.8 Å². The zero-order chi connectivity index (χ0) is 41.5. The van der Waals surface area contributed by atoms with Gasteiger partial charge in [-0.3, -0.25) is 14.1 Å². The Hall–Kier alpha value is -2.37. The van der Waals surface area contributed by atoms with Crippen LogP contribution in [-0.2, 0) is 28.2 Å². The summed E-state index contributed by atoms with van der Waals surface area (Å²) in [6.07, 6.45) is 37.5. The summed E-state index contributed by atoms with van der Waals surface area (Å²) in [6, 6.07) is 0. The Kier molecular flexibility index (Phi) is 36.5. The molecule has 0 aromatic carbocycles. The maximum atomic E-state index is 12.4. The summed E-state index contributed by atoms with van der Waals surface area (Å²) in [5.41, 5.74) is 0. The Balaban J connectivity index is 4.21. The lowest BCUT2D eigenvalue weighted by molar-refractivity contribution is -0.161. The van der Waals surface area contributed by atoms with Crippen molar-refractivity contribution < 1.29 is 53.3 Å². The fraction of sp³-hybridized carbons (Fsp3) is 0.727. The summed E-state index contributed by atoms with van der Waals surface area (Å²) in [6.45, 7) is 3.21. The molecule has 56 heavy (non-hydrogen) atoms. The summed E-state index contributed by atoms with van der Waals surface area (Å²) >= 11 is 0. The molecule has 12 heteroatoms. The second-order valence-electron chi connectivity index (χ2n) is 14.5. The highest BCUT2D eigenvalue weighted by atomic mass is 31.2. The molecule has 0 aliphatic carbocycles. The van der Waals surface area contributed by atoms with E-state index >= 15 is 0 Å². The van der Waals surface area contributed by atoms with Gasteiger partial charge >= 0.3 is 19.8 Å². The van der Waals surface area contributed by atoms with E-state index in [2.05, 4.69) is 11.4 Å². The number of phosphoric acid groups is 1. The number of carbonyl (C=O) groups is 2. The standard InChI is InChI=1S/C44H77O11P/c1-3-5-7-8-9-10-11-12-13-14-15-16-17-18-19-20-25-29-35-44(49)55-40(38-54-56(50,51)52)37-53-43(48)36-30-34-42(47)41(46)33-28-24-22-21-23-27-32-39(45)31-26-6-4-2/h6,21-24,26-28,32-33,39-42,45-47H,3-5,7-20,25,29-31,34-38H2,1-2H3,(H2,50,51,52)/b23-21+,24-22-,26-6-,32-27+,33-28-/t39-,40-,41+,42+/m1/s1. The molecular weight excluding hydrogens is 735 g/mol. The average Bonchev–Trinajstić information content (AvgIpc) is 3.16. The van der Waals surface area contributed by atoms with Gasteiger partial charge < -0.3 is 34.6 Å². The minimum absolute atomic E-state index is 0.0887. The molecule has 0 aromatic heterocycles. The second-order valence-corrected chi connectivity index (χ2v) is 15.8. The molecule has 0 heterocycles. The van der Waals surface area contributed by atoms with E-state index in [-0.39, 0.29) is 25.7 Å². The van der Waals surface area contributed by atoms with Gasteiger partial charge in [-0.05, 0) is 32.1 Å². The lowest BCUT2D eigenvalue weighted by Gasteiger charge is -2.18. The van der Waals surface area contributed by atoms with Crippen molar-refractivity contribution in [2.24, 2.45) is 0 Å². The van der Waals surface area contributed by atoms with E-state index in [0.29, 0.717) is 12.8 Å². The van der Waals surface area contributed by atoms with Crippen molar-refractivity contribution in [1.82, 2.24) is 0 Å². The van der Waals surface area contributed by atoms with Crippen LogP contribution in [0, 0.1) is 0 Å². The van der Waals surface area contributed by atoms with Crippen molar-refractivity contribution in [2.45, 2.75) is 192 Å². The van der Waals surface area contributed by atoms with E-state index in [0.717, 1.165) is 25.7 Å². The smallest absolute Gasteiger partial charge is 0.462 e. The van der Waals surface area contributed by atoms with Crippen LogP contribution in [0.25, 0.3) is 0 Å². The molecule has 0 amide bonds. The third kappa shape index (κ3) is 38.5. The predicted molar refractivity (Wildman–Crippen MR) is 225 cm³/mol. The van der Waals surface area contributed by atoms with Crippen LogP contribution in [0.2, 0.25) is 0 Å². The van der Waals surface area contributed by atoms with E-state index in [1.807, 2.05) is 19.1 Å². The first-order valence-corrected chi connectivity index (χ1v) is 22.9. The van der Waals surface area contributed by atoms with Gasteiger partial charge in [-0.2, -0.15) is 0 Å². The summed E-state index contributed by atoms with van der Waals surface area (Å²) in [4.78, 5) is 42.9. The Morgan fingerprint density at radius 3 is 1.59 bits per heavy atom. The molecule has 0 radical (unpaired) electrons. The van der Waals surface area contributed by atoms with Gasteiger partial charge in [0.05, 0.1) is 24.9 Å². The Morgan fingerprint density at radius 2 is 1.07 bits per heavy atom. The van der Waals surface area contributed by atoms with Gasteiger partial charge in [0.2, 0.25) is 0 Å². The number of unbranched alkanes of at least 4 members (excludes halogenated alkanes) is 17. The Bertz CT molecular complexity index is 1140. The number of aliphatic hydroxyl groups excluding tert-OH is 3. The van der Waals surface area contributed by atoms with Crippen molar-refractivity contribution in [1.29, 1.82) is 0 Å². The highest BCUT2D eigenvalue weighted by Crippen LogP contribution is 2.36. The van der Waals surface area contributed by atoms with Crippen LogP contribution < -0.4 is 0 Å². The van der Waals surface area contributed by atoms with Crippen LogP contribution in [0.15, 0.2) is 60.8 Å². The van der Waals surface area contributed by atoms with E-state index < -0.39 is 57.4 Å². The van der Waals surface area contributed by atoms with Gasteiger partial charge in [0.1, 0.15) is 6.61 Å². The topological polar surface area (TPSA) is 180 Å². The molecule has 4 atom stereocenters. The molecule has 0 bridgehead atoms. The molecule has 0 unspecified atom stereocenters. The number of hydrogen-bond donors (Lipinski definition) is 5. The number of ether oxygens (including phenoxy) is 2. The third-order valence-corrected chi connectivity index (χ3v) is 9.63. The van der Waals surface area contributed by atoms with E-state index in [1.165, 1.54) is 96.0 Å². The average molecular weight is 813 g/mol. The number of hydrogen-bond acceptors (Lipinski definition) is 9. The molecule has 0 aliphatic rings. The molecule has 0 fully saturated rings. The molecule has 0 aliphatic heterocycles. The maximum absolute atomic E-state index is 12.4. The lowest BCUT2D eigenvalue weighted by Crippen LogP contribution is -2.29. The number of phosphoric ester groups is 1. The first kappa shape index (κ1) is 53.6. The summed E-state index contributed by atoms with van der Waals surface area (Å²) in [5.74, 6) is -1.22. The monoisotopic (exact) mass is 813 g/mol. The van der Waals surface area contributed by atoms with Crippen molar-refractivity contribution in [3.8, 4) is 0 Å². The number of esters is 2. The van der Waals surface area contributed by atoms with Crippen LogP contribution in [-0.4, -0.2) is 74.7 Å². The highest BCUT2D eigenvalue weighted by molar-refractivity contribution is 7.46. The normalized spacial score (nSPS) is 14.8. The summed E-state index contributed by atoms with van der Waals surface area (Å²) in [5, 5.41) is 30.2. The molecule has 0 saturated carbocycles. The maximum Gasteiger partial charge on any atom is 0.469 e. The van der Waals surface area contributed by atoms with Crippen molar-refractivity contribution in [3.05, 3.63) is 60.8 Å². The number of allylic oxidation sites excluding steroid dienone is 7. The molecule has 0 spiro atoms. The number of aliphatic hydroxyl groups is 3. The van der Waals surface area contributed by atoms with Crippen LogP contribution in [0.1, 0.15) is 168 Å². The molecule has 0 saturated heterocycles. The predicted octanol–water partition coefficient (Wildman–Crippen LogP) is 9.82. The minimum atomic E-state index is -4.84. The van der Waals surface area contributed by atoms with Crippen LogP contribution in [0.4, 0.5) is 0 Å². The van der Waals surface area contributed by atoms with Crippen LogP contribution in [0.5, 0.6) is 0 Å². The summed E-state index contributed by atoms with van der Waals surface area (Å²) in [7, 11) is -4.84. The highest BCUT2D eigenvalue weighted by Gasteiger charge is 2.23. The van der Waals surface area contributed by atoms with Crippen molar-refractivity contribution in [2.75, 3.05) is 13.2 Å². The fourth-order valence-corrected chi connectivity index (χ4v) is 6.19. The molecular formula is C44H77O11P. The quantitative estimate of drug-likeness (QED) is 0.0132. The molecule has 0 aromatic rings. The van der Waals surface area contributed by atoms with Crippen molar-refractivity contribution in [3.63, 3.8) is 0 Å². The van der Waals surface area contributed by atoms with Crippen LogP contribution >= 0.6 is 7.82 Å².